The zero-order chi connectivity index (χ0) is 20.2. The van der Waals surface area contributed by atoms with Gasteiger partial charge in [-0.25, -0.2) is 0 Å². The minimum atomic E-state index is -0.457. The van der Waals surface area contributed by atoms with Crippen molar-refractivity contribution < 1.29 is 23.8 Å². The number of esters is 2. The lowest BCUT2D eigenvalue weighted by Gasteiger charge is -2.10. The highest BCUT2D eigenvalue weighted by atomic mass is 16.5. The maximum Gasteiger partial charge on any atom is 0.307 e. The second kappa shape index (κ2) is 11.5. The van der Waals surface area contributed by atoms with Crippen LogP contribution in [-0.4, -0.2) is 18.0 Å². The van der Waals surface area contributed by atoms with E-state index >= 15 is 0 Å². The highest BCUT2D eigenvalue weighted by Crippen LogP contribution is 2.22. The van der Waals surface area contributed by atoms with E-state index in [1.165, 1.54) is 0 Å². The first kappa shape index (κ1) is 21.0. The summed E-state index contributed by atoms with van der Waals surface area (Å²) in [4.78, 5) is 23.7. The van der Waals surface area contributed by atoms with Gasteiger partial charge in [-0.15, -0.1) is 5.92 Å². The Morgan fingerprint density at radius 2 is 1.68 bits per heavy atom. The lowest BCUT2D eigenvalue weighted by molar-refractivity contribution is -0.152. The number of hydrogen-bond acceptors (Lipinski definition) is 5. The number of para-hydroxylation sites is 1. The monoisotopic (exact) mass is 380 g/mol. The van der Waals surface area contributed by atoms with Crippen LogP contribution in [0.2, 0.25) is 0 Å². The molecule has 0 saturated heterocycles. The molecule has 0 radical (unpaired) electrons. The fourth-order valence-corrected chi connectivity index (χ4v) is 2.36. The molecule has 0 amide bonds. The highest BCUT2D eigenvalue weighted by Gasteiger charge is 2.13. The average Bonchev–Trinajstić information content (AvgIpc) is 2.71. The summed E-state index contributed by atoms with van der Waals surface area (Å²) in [5.74, 6) is 5.99. The Morgan fingerprint density at radius 3 is 2.39 bits per heavy atom. The number of carbonyl (C=O) groups excluding carboxylic acids is 2. The lowest BCUT2D eigenvalue weighted by atomic mass is 10.2. The van der Waals surface area contributed by atoms with Gasteiger partial charge in [0, 0.05) is 0 Å². The Bertz CT molecular complexity index is 833. The van der Waals surface area contributed by atoms with Gasteiger partial charge in [0.05, 0.1) is 12.8 Å². The molecule has 5 heteroatoms. The van der Waals surface area contributed by atoms with Crippen LogP contribution in [0.3, 0.4) is 0 Å². The molecular formula is C23H24O5. The molecule has 0 aromatic heterocycles. The van der Waals surface area contributed by atoms with Crippen LogP contribution in [0.5, 0.6) is 11.5 Å². The first-order valence-corrected chi connectivity index (χ1v) is 9.20. The van der Waals surface area contributed by atoms with Crippen molar-refractivity contribution in [2.75, 3.05) is 0 Å². The van der Waals surface area contributed by atoms with Crippen molar-refractivity contribution >= 4 is 11.9 Å². The highest BCUT2D eigenvalue weighted by molar-refractivity contribution is 5.77. The number of ether oxygens (including phenoxy) is 3. The number of hydrogen-bond donors (Lipinski definition) is 0. The molecule has 1 atom stereocenters. The van der Waals surface area contributed by atoms with Gasteiger partial charge in [0.15, 0.2) is 6.10 Å². The summed E-state index contributed by atoms with van der Waals surface area (Å²) < 4.78 is 16.2. The maximum atomic E-state index is 11.9. The molecule has 0 spiro atoms. The summed E-state index contributed by atoms with van der Waals surface area (Å²) in [5.41, 5.74) is 0.800. The van der Waals surface area contributed by atoms with E-state index in [4.69, 9.17) is 14.2 Å². The molecule has 0 heterocycles. The molecule has 0 aliphatic heterocycles. The van der Waals surface area contributed by atoms with Crippen molar-refractivity contribution in [3.8, 4) is 23.3 Å². The second-order valence-electron chi connectivity index (χ2n) is 6.00. The van der Waals surface area contributed by atoms with Crippen LogP contribution < -0.4 is 4.74 Å². The summed E-state index contributed by atoms with van der Waals surface area (Å²) in [6, 6.07) is 16.7. The topological polar surface area (TPSA) is 61.8 Å². The normalized spacial score (nSPS) is 10.9. The molecule has 2 aromatic rings. The predicted octanol–water partition coefficient (Wildman–Crippen LogP) is 4.65. The maximum absolute atomic E-state index is 11.9. The third-order valence-electron chi connectivity index (χ3n) is 3.76. The fourth-order valence-electron chi connectivity index (χ4n) is 2.36. The molecular weight excluding hydrogens is 356 g/mol. The zero-order valence-electron chi connectivity index (χ0n) is 16.1. The van der Waals surface area contributed by atoms with Gasteiger partial charge in [0.2, 0.25) is 0 Å². The molecule has 2 aromatic carbocycles. The van der Waals surface area contributed by atoms with E-state index in [-0.39, 0.29) is 19.4 Å². The van der Waals surface area contributed by atoms with Crippen molar-refractivity contribution in [1.82, 2.24) is 0 Å². The summed E-state index contributed by atoms with van der Waals surface area (Å²) in [5, 5.41) is 0. The molecule has 0 fully saturated rings. The van der Waals surface area contributed by atoms with E-state index in [0.717, 1.165) is 11.3 Å². The van der Waals surface area contributed by atoms with Crippen LogP contribution in [-0.2, 0) is 25.7 Å². The zero-order valence-corrected chi connectivity index (χ0v) is 16.1. The molecule has 5 nitrogen and oxygen atoms in total. The third-order valence-corrected chi connectivity index (χ3v) is 3.76. The standard InChI is InChI=1S/C23H24O5/c1-3-9-19(4-2)28-23(25)15-14-22(24)26-17-18-10-8-13-21(16-18)27-20-11-6-5-7-12-20/h5-8,10-13,16,19H,4,14-15,17H2,1-2H3. The van der Waals surface area contributed by atoms with Gasteiger partial charge in [0.1, 0.15) is 18.1 Å². The second-order valence-corrected chi connectivity index (χ2v) is 6.00. The van der Waals surface area contributed by atoms with Crippen LogP contribution in [0.15, 0.2) is 54.6 Å². The Kier molecular flexibility index (Phi) is 8.61. The molecule has 0 saturated carbocycles. The van der Waals surface area contributed by atoms with Gasteiger partial charge in [0.25, 0.3) is 0 Å². The summed E-state index contributed by atoms with van der Waals surface area (Å²) in [7, 11) is 0. The van der Waals surface area contributed by atoms with Crippen LogP contribution in [0.25, 0.3) is 0 Å². The molecule has 2 rings (SSSR count). The quantitative estimate of drug-likeness (QED) is 0.468. The molecule has 28 heavy (non-hydrogen) atoms. The van der Waals surface area contributed by atoms with Gasteiger partial charge in [-0.1, -0.05) is 43.2 Å². The largest absolute Gasteiger partial charge is 0.461 e. The van der Waals surface area contributed by atoms with Crippen LogP contribution in [0.1, 0.15) is 38.7 Å². The summed E-state index contributed by atoms with van der Waals surface area (Å²) in [6.07, 6.45) is 0.117. The Balaban J connectivity index is 1.77. The van der Waals surface area contributed by atoms with Crippen molar-refractivity contribution in [2.45, 2.75) is 45.8 Å². The van der Waals surface area contributed by atoms with Gasteiger partial charge in [-0.3, -0.25) is 9.59 Å². The Hall–Kier alpha value is -3.26. The van der Waals surface area contributed by atoms with Crippen molar-refractivity contribution in [1.29, 1.82) is 0 Å². The van der Waals surface area contributed by atoms with E-state index in [1.807, 2.05) is 61.5 Å². The van der Waals surface area contributed by atoms with E-state index in [2.05, 4.69) is 11.8 Å². The lowest BCUT2D eigenvalue weighted by Crippen LogP contribution is -2.17. The predicted molar refractivity (Wildman–Crippen MR) is 106 cm³/mol. The van der Waals surface area contributed by atoms with E-state index in [0.29, 0.717) is 12.2 Å². The number of carbonyl (C=O) groups is 2. The molecule has 146 valence electrons. The van der Waals surface area contributed by atoms with Gasteiger partial charge in [-0.2, -0.15) is 0 Å². The molecule has 0 bridgehead atoms. The van der Waals surface area contributed by atoms with Crippen LogP contribution >= 0.6 is 0 Å². The van der Waals surface area contributed by atoms with E-state index in [1.54, 1.807) is 6.92 Å². The van der Waals surface area contributed by atoms with Crippen LogP contribution in [0, 0.1) is 11.8 Å². The fraction of sp³-hybridized carbons (Fsp3) is 0.304. The minimum absolute atomic E-state index is 0.0299. The molecule has 0 aliphatic rings. The summed E-state index contributed by atoms with van der Waals surface area (Å²) in [6.45, 7) is 3.68. The van der Waals surface area contributed by atoms with Crippen molar-refractivity contribution in [2.24, 2.45) is 0 Å². The first-order valence-electron chi connectivity index (χ1n) is 9.20. The Morgan fingerprint density at radius 1 is 0.964 bits per heavy atom. The number of benzene rings is 2. The van der Waals surface area contributed by atoms with Gasteiger partial charge < -0.3 is 14.2 Å². The van der Waals surface area contributed by atoms with Gasteiger partial charge in [-0.05, 0) is 43.2 Å². The minimum Gasteiger partial charge on any atom is -0.461 e. The summed E-state index contributed by atoms with van der Waals surface area (Å²) >= 11 is 0. The smallest absolute Gasteiger partial charge is 0.307 e. The molecule has 1 unspecified atom stereocenters. The Labute approximate surface area is 165 Å². The average molecular weight is 380 g/mol. The first-order chi connectivity index (χ1) is 13.6. The van der Waals surface area contributed by atoms with Crippen LogP contribution in [0.4, 0.5) is 0 Å². The third kappa shape index (κ3) is 7.55. The SMILES string of the molecule is CC#CC(CC)OC(=O)CCC(=O)OCc1cccc(Oc2ccccc2)c1. The van der Waals surface area contributed by atoms with Crippen molar-refractivity contribution in [3.05, 3.63) is 60.2 Å². The molecule has 0 N–H and O–H groups in total. The van der Waals surface area contributed by atoms with Gasteiger partial charge >= 0.3 is 11.9 Å². The molecule has 0 aliphatic carbocycles. The van der Waals surface area contributed by atoms with E-state index in [9.17, 15) is 9.59 Å². The van der Waals surface area contributed by atoms with E-state index < -0.39 is 18.0 Å². The van der Waals surface area contributed by atoms with Crippen molar-refractivity contribution in [3.63, 3.8) is 0 Å². The number of rotatable bonds is 9.